The lowest BCUT2D eigenvalue weighted by Crippen LogP contribution is -2.45. The fourth-order valence-electron chi connectivity index (χ4n) is 1.94. The number of likely N-dealkylation sites (N-methyl/N-ethyl adjacent to an activating group) is 1. The molecule has 5 nitrogen and oxygen atoms in total. The standard InChI is InChI=1S/C12H25N3O2.2ClH/c1-3-15(4-2)7-5-14-12(16)9-11-10-17-8-6-13-11;;/h11,13H,3-10H2,1-2H3,(H,14,16);2*1H. The van der Waals surface area contributed by atoms with Gasteiger partial charge in [-0.2, -0.15) is 0 Å². The fraction of sp³-hybridized carbons (Fsp3) is 0.917. The maximum atomic E-state index is 11.6. The monoisotopic (exact) mass is 315 g/mol. The second kappa shape index (κ2) is 12.9. The second-order valence-electron chi connectivity index (χ2n) is 4.31. The van der Waals surface area contributed by atoms with Gasteiger partial charge in [-0.05, 0) is 13.1 Å². The van der Waals surface area contributed by atoms with Crippen LogP contribution in [0.2, 0.25) is 0 Å². The fourth-order valence-corrected chi connectivity index (χ4v) is 1.94. The lowest BCUT2D eigenvalue weighted by atomic mass is 10.2. The van der Waals surface area contributed by atoms with Crippen molar-refractivity contribution >= 4 is 30.7 Å². The Labute approximate surface area is 128 Å². The molecule has 19 heavy (non-hydrogen) atoms. The van der Waals surface area contributed by atoms with Gasteiger partial charge in [0.2, 0.25) is 5.91 Å². The largest absolute Gasteiger partial charge is 0.378 e. The number of rotatable bonds is 7. The van der Waals surface area contributed by atoms with Crippen LogP contribution in [0.4, 0.5) is 0 Å². The van der Waals surface area contributed by atoms with Gasteiger partial charge in [-0.3, -0.25) is 4.79 Å². The first-order valence-electron chi connectivity index (χ1n) is 6.56. The lowest BCUT2D eigenvalue weighted by Gasteiger charge is -2.23. The number of carbonyl (C=O) groups excluding carboxylic acids is 1. The van der Waals surface area contributed by atoms with Gasteiger partial charge in [0.1, 0.15) is 0 Å². The summed E-state index contributed by atoms with van der Waals surface area (Å²) in [5, 5.41) is 6.23. The molecule has 1 rings (SSSR count). The van der Waals surface area contributed by atoms with Crippen LogP contribution in [0.15, 0.2) is 0 Å². The van der Waals surface area contributed by atoms with Gasteiger partial charge >= 0.3 is 0 Å². The van der Waals surface area contributed by atoms with Crippen LogP contribution in [0, 0.1) is 0 Å². The minimum atomic E-state index is 0. The minimum Gasteiger partial charge on any atom is -0.378 e. The highest BCUT2D eigenvalue weighted by Crippen LogP contribution is 1.97. The summed E-state index contributed by atoms with van der Waals surface area (Å²) < 4.78 is 5.31. The number of morpholine rings is 1. The Morgan fingerprint density at radius 2 is 2.05 bits per heavy atom. The quantitative estimate of drug-likeness (QED) is 0.725. The van der Waals surface area contributed by atoms with Gasteiger partial charge in [0.25, 0.3) is 0 Å². The summed E-state index contributed by atoms with van der Waals surface area (Å²) in [5.41, 5.74) is 0. The molecule has 0 bridgehead atoms. The molecule has 0 aliphatic carbocycles. The highest BCUT2D eigenvalue weighted by Gasteiger charge is 2.16. The number of carbonyl (C=O) groups is 1. The van der Waals surface area contributed by atoms with Crippen molar-refractivity contribution in [1.82, 2.24) is 15.5 Å². The van der Waals surface area contributed by atoms with E-state index in [4.69, 9.17) is 4.74 Å². The lowest BCUT2D eigenvalue weighted by molar-refractivity contribution is -0.122. The second-order valence-corrected chi connectivity index (χ2v) is 4.31. The molecule has 0 aromatic heterocycles. The van der Waals surface area contributed by atoms with Crippen LogP contribution < -0.4 is 10.6 Å². The first-order chi connectivity index (χ1) is 8.26. The molecule has 1 unspecified atom stereocenters. The number of halogens is 2. The van der Waals surface area contributed by atoms with Crippen molar-refractivity contribution in [2.24, 2.45) is 0 Å². The van der Waals surface area contributed by atoms with Gasteiger partial charge in [0, 0.05) is 32.1 Å². The molecule has 116 valence electrons. The minimum absolute atomic E-state index is 0. The Morgan fingerprint density at radius 3 is 2.58 bits per heavy atom. The zero-order valence-electron chi connectivity index (χ0n) is 11.8. The summed E-state index contributed by atoms with van der Waals surface area (Å²) in [5.74, 6) is 0.111. The third kappa shape index (κ3) is 9.46. The van der Waals surface area contributed by atoms with Crippen LogP contribution in [0.25, 0.3) is 0 Å². The van der Waals surface area contributed by atoms with Crippen molar-refractivity contribution in [3.8, 4) is 0 Å². The van der Waals surface area contributed by atoms with Gasteiger partial charge in [-0.25, -0.2) is 0 Å². The average molecular weight is 316 g/mol. The maximum absolute atomic E-state index is 11.6. The highest BCUT2D eigenvalue weighted by atomic mass is 35.5. The number of hydrogen-bond donors (Lipinski definition) is 2. The zero-order chi connectivity index (χ0) is 12.5. The van der Waals surface area contributed by atoms with E-state index in [2.05, 4.69) is 29.4 Å². The van der Waals surface area contributed by atoms with Crippen LogP contribution in [0.3, 0.4) is 0 Å². The molecule has 0 aromatic carbocycles. The average Bonchev–Trinajstić information content (AvgIpc) is 2.36. The maximum Gasteiger partial charge on any atom is 0.221 e. The molecule has 1 aliphatic heterocycles. The first kappa shape index (κ1) is 21.2. The third-order valence-electron chi connectivity index (χ3n) is 3.07. The van der Waals surface area contributed by atoms with E-state index in [1.54, 1.807) is 0 Å². The Kier molecular flexibility index (Phi) is 14.5. The molecule has 0 radical (unpaired) electrons. The SMILES string of the molecule is CCN(CC)CCNC(=O)CC1COCCN1.Cl.Cl. The topological polar surface area (TPSA) is 53.6 Å². The summed E-state index contributed by atoms with van der Waals surface area (Å²) in [6.07, 6.45) is 0.512. The van der Waals surface area contributed by atoms with E-state index in [0.29, 0.717) is 13.0 Å². The van der Waals surface area contributed by atoms with Crippen LogP contribution in [0.5, 0.6) is 0 Å². The number of ether oxygens (including phenoxy) is 1. The molecular formula is C12H27Cl2N3O2. The van der Waals surface area contributed by atoms with E-state index in [1.165, 1.54) is 0 Å². The van der Waals surface area contributed by atoms with E-state index in [-0.39, 0.29) is 36.8 Å². The molecule has 0 saturated carbocycles. The van der Waals surface area contributed by atoms with Gasteiger partial charge < -0.3 is 20.3 Å². The van der Waals surface area contributed by atoms with Gasteiger partial charge in [-0.1, -0.05) is 13.8 Å². The van der Waals surface area contributed by atoms with E-state index in [9.17, 15) is 4.79 Å². The number of hydrogen-bond acceptors (Lipinski definition) is 4. The Bertz CT molecular complexity index is 223. The summed E-state index contributed by atoms with van der Waals surface area (Å²) >= 11 is 0. The molecule has 1 heterocycles. The number of amides is 1. The predicted molar refractivity (Wildman–Crippen MR) is 82.5 cm³/mol. The molecule has 1 saturated heterocycles. The highest BCUT2D eigenvalue weighted by molar-refractivity contribution is 5.85. The third-order valence-corrected chi connectivity index (χ3v) is 3.07. The van der Waals surface area contributed by atoms with E-state index in [1.807, 2.05) is 0 Å². The predicted octanol–water partition coefficient (Wildman–Crippen LogP) is 0.666. The molecule has 1 aliphatic rings. The zero-order valence-corrected chi connectivity index (χ0v) is 13.4. The van der Waals surface area contributed by atoms with Crippen molar-refractivity contribution in [1.29, 1.82) is 0 Å². The molecular weight excluding hydrogens is 289 g/mol. The van der Waals surface area contributed by atoms with Crippen molar-refractivity contribution < 1.29 is 9.53 Å². The molecule has 1 amide bonds. The Hall–Kier alpha value is -0.0700. The number of nitrogens with zero attached hydrogens (tertiary/aromatic N) is 1. The molecule has 7 heteroatoms. The Morgan fingerprint density at radius 1 is 1.37 bits per heavy atom. The van der Waals surface area contributed by atoms with E-state index >= 15 is 0 Å². The van der Waals surface area contributed by atoms with Crippen LogP contribution in [-0.2, 0) is 9.53 Å². The van der Waals surface area contributed by atoms with Crippen molar-refractivity contribution in [2.75, 3.05) is 45.9 Å². The van der Waals surface area contributed by atoms with Crippen LogP contribution in [-0.4, -0.2) is 62.8 Å². The summed E-state index contributed by atoms with van der Waals surface area (Å²) in [4.78, 5) is 13.9. The van der Waals surface area contributed by atoms with Crippen molar-refractivity contribution in [2.45, 2.75) is 26.3 Å². The van der Waals surface area contributed by atoms with Gasteiger partial charge in [0.15, 0.2) is 0 Å². The molecule has 1 fully saturated rings. The summed E-state index contributed by atoms with van der Waals surface area (Å²) in [7, 11) is 0. The van der Waals surface area contributed by atoms with Gasteiger partial charge in [-0.15, -0.1) is 24.8 Å². The molecule has 0 spiro atoms. The normalized spacial score (nSPS) is 18.4. The van der Waals surface area contributed by atoms with Crippen LogP contribution >= 0.6 is 24.8 Å². The number of nitrogens with one attached hydrogen (secondary N) is 2. The van der Waals surface area contributed by atoms with Gasteiger partial charge in [0.05, 0.1) is 13.2 Å². The molecule has 1 atom stereocenters. The summed E-state index contributed by atoms with van der Waals surface area (Å²) in [6, 6.07) is 0.178. The molecule has 0 aromatic rings. The van der Waals surface area contributed by atoms with Crippen molar-refractivity contribution in [3.05, 3.63) is 0 Å². The van der Waals surface area contributed by atoms with Crippen LogP contribution in [0.1, 0.15) is 20.3 Å². The summed E-state index contributed by atoms with van der Waals surface area (Å²) in [6.45, 7) is 10.2. The van der Waals surface area contributed by atoms with E-state index in [0.717, 1.165) is 39.3 Å². The molecule has 2 N–H and O–H groups in total. The first-order valence-corrected chi connectivity index (χ1v) is 6.56. The van der Waals surface area contributed by atoms with E-state index < -0.39 is 0 Å². The smallest absolute Gasteiger partial charge is 0.221 e. The Balaban J connectivity index is 0. The van der Waals surface area contributed by atoms with Crippen molar-refractivity contribution in [3.63, 3.8) is 0 Å².